The Bertz CT molecular complexity index is 1610. The van der Waals surface area contributed by atoms with Gasteiger partial charge in [0.05, 0.1) is 33.0 Å². The van der Waals surface area contributed by atoms with Crippen LogP contribution < -0.4 is 0 Å². The van der Waals surface area contributed by atoms with E-state index in [2.05, 4.69) is 48.5 Å². The van der Waals surface area contributed by atoms with Gasteiger partial charge < -0.3 is 23.7 Å². The fraction of sp³-hybridized carbons (Fsp3) is 0.268. The van der Waals surface area contributed by atoms with Crippen molar-refractivity contribution >= 4 is 23.4 Å². The van der Waals surface area contributed by atoms with Gasteiger partial charge in [-0.15, -0.1) is 11.8 Å². The number of hydrogen-bond donors (Lipinski definition) is 0. The molecule has 1 heterocycles. The van der Waals surface area contributed by atoms with Gasteiger partial charge in [0.1, 0.15) is 29.9 Å². The molecule has 0 unspecified atom stereocenters. The molecule has 0 amide bonds. The summed E-state index contributed by atoms with van der Waals surface area (Å²) in [6, 6.07) is 48.7. The highest BCUT2D eigenvalue weighted by molar-refractivity contribution is 7.99. The third-order valence-corrected chi connectivity index (χ3v) is 9.63. The minimum Gasteiger partial charge on any atom is -0.374 e. The summed E-state index contributed by atoms with van der Waals surface area (Å²) in [4.78, 5) is 0. The SMILES string of the molecule is Clc1ccc(CS[C@H]2O[C@H](COCc3ccccc3)[C@H](OCc3ccccc3)[C@H](OCc3ccccc3)[C@H]2OCc2ccccc2)cc1. The zero-order valence-electron chi connectivity index (χ0n) is 26.8. The highest BCUT2D eigenvalue weighted by atomic mass is 35.5. The standard InChI is InChI=1S/C41H41ClO5S/c42-36-23-21-35(22-24-36)30-48-41-40(46-28-34-19-11-4-12-20-34)39(45-27-33-17-9-3-10-18-33)38(44-26-32-15-7-2-8-16-32)37(47-41)29-43-25-31-13-5-1-6-14-31/h1-24,37-41H,25-30H2/t37-,38+,39+,40-,41-/m1/s1. The lowest BCUT2D eigenvalue weighted by atomic mass is 9.98. The fourth-order valence-electron chi connectivity index (χ4n) is 5.64. The second-order valence-electron chi connectivity index (χ2n) is 11.8. The smallest absolute Gasteiger partial charge is 0.133 e. The number of benzene rings is 5. The number of rotatable bonds is 16. The summed E-state index contributed by atoms with van der Waals surface area (Å²) >= 11 is 7.89. The maximum atomic E-state index is 6.94. The molecule has 1 aliphatic rings. The maximum absolute atomic E-state index is 6.94. The number of hydrogen-bond acceptors (Lipinski definition) is 6. The lowest BCUT2D eigenvalue weighted by Gasteiger charge is -2.46. The highest BCUT2D eigenvalue weighted by Crippen LogP contribution is 2.37. The molecule has 48 heavy (non-hydrogen) atoms. The summed E-state index contributed by atoms with van der Waals surface area (Å²) in [6.45, 7) is 2.04. The Morgan fingerprint density at radius 2 is 0.917 bits per heavy atom. The average molecular weight is 681 g/mol. The first-order valence-corrected chi connectivity index (χ1v) is 17.7. The van der Waals surface area contributed by atoms with E-state index in [1.807, 2.05) is 97.1 Å². The molecule has 0 bridgehead atoms. The molecular formula is C41H41ClO5S. The van der Waals surface area contributed by atoms with Crippen molar-refractivity contribution in [3.8, 4) is 0 Å². The maximum Gasteiger partial charge on any atom is 0.133 e. The predicted octanol–water partition coefficient (Wildman–Crippen LogP) is 9.27. The van der Waals surface area contributed by atoms with Crippen molar-refractivity contribution in [3.63, 3.8) is 0 Å². The van der Waals surface area contributed by atoms with Gasteiger partial charge in [0.25, 0.3) is 0 Å². The number of halogens is 1. The van der Waals surface area contributed by atoms with Crippen molar-refractivity contribution < 1.29 is 23.7 Å². The van der Waals surface area contributed by atoms with Crippen LogP contribution in [0.5, 0.6) is 0 Å². The molecule has 7 heteroatoms. The van der Waals surface area contributed by atoms with Crippen LogP contribution in [0.15, 0.2) is 146 Å². The highest BCUT2D eigenvalue weighted by Gasteiger charge is 2.48. The van der Waals surface area contributed by atoms with Crippen molar-refractivity contribution in [2.75, 3.05) is 6.61 Å². The Balaban J connectivity index is 1.29. The first-order chi connectivity index (χ1) is 23.7. The largest absolute Gasteiger partial charge is 0.374 e. The van der Waals surface area contributed by atoms with Gasteiger partial charge in [-0.3, -0.25) is 0 Å². The van der Waals surface area contributed by atoms with Gasteiger partial charge in [0, 0.05) is 10.8 Å². The van der Waals surface area contributed by atoms with Gasteiger partial charge in [-0.25, -0.2) is 0 Å². The molecule has 1 fully saturated rings. The lowest BCUT2D eigenvalue weighted by molar-refractivity contribution is -0.254. The Labute approximate surface area is 293 Å². The van der Waals surface area contributed by atoms with Crippen LogP contribution in [0, 0.1) is 0 Å². The van der Waals surface area contributed by atoms with Gasteiger partial charge in [-0.1, -0.05) is 145 Å². The van der Waals surface area contributed by atoms with E-state index in [0.717, 1.165) is 27.8 Å². The van der Waals surface area contributed by atoms with Crippen LogP contribution in [0.25, 0.3) is 0 Å². The molecule has 0 aromatic heterocycles. The Kier molecular flexibility index (Phi) is 13.1. The summed E-state index contributed by atoms with van der Waals surface area (Å²) < 4.78 is 33.6. The molecule has 1 saturated heterocycles. The number of thioether (sulfide) groups is 1. The Morgan fingerprint density at radius 1 is 0.479 bits per heavy atom. The van der Waals surface area contributed by atoms with Crippen molar-refractivity contribution in [1.29, 1.82) is 0 Å². The van der Waals surface area contributed by atoms with Crippen LogP contribution in [-0.4, -0.2) is 36.5 Å². The second-order valence-corrected chi connectivity index (χ2v) is 13.3. The molecule has 5 aromatic rings. The molecule has 248 valence electrons. The van der Waals surface area contributed by atoms with E-state index in [0.29, 0.717) is 43.8 Å². The topological polar surface area (TPSA) is 46.2 Å². The molecule has 1 aliphatic heterocycles. The van der Waals surface area contributed by atoms with Gasteiger partial charge in [0.15, 0.2) is 0 Å². The second kappa shape index (κ2) is 18.3. The molecular weight excluding hydrogens is 640 g/mol. The first-order valence-electron chi connectivity index (χ1n) is 16.3. The molecule has 0 saturated carbocycles. The minimum absolute atomic E-state index is 0.336. The van der Waals surface area contributed by atoms with Crippen LogP contribution in [0.4, 0.5) is 0 Å². The Hall–Kier alpha value is -3.46. The fourth-order valence-corrected chi connectivity index (χ4v) is 6.96. The van der Waals surface area contributed by atoms with E-state index in [4.69, 9.17) is 35.3 Å². The van der Waals surface area contributed by atoms with E-state index in [9.17, 15) is 0 Å². The lowest BCUT2D eigenvalue weighted by Crippen LogP contribution is -2.60. The quantitative estimate of drug-likeness (QED) is 0.104. The monoisotopic (exact) mass is 680 g/mol. The molecule has 6 rings (SSSR count). The van der Waals surface area contributed by atoms with Crippen LogP contribution in [0.3, 0.4) is 0 Å². The zero-order chi connectivity index (χ0) is 32.8. The summed E-state index contributed by atoms with van der Waals surface area (Å²) in [5.74, 6) is 0.714. The van der Waals surface area contributed by atoms with Crippen LogP contribution in [0.2, 0.25) is 5.02 Å². The van der Waals surface area contributed by atoms with Crippen molar-refractivity contribution in [3.05, 3.63) is 178 Å². The minimum atomic E-state index is -0.460. The molecule has 0 N–H and O–H groups in total. The van der Waals surface area contributed by atoms with E-state index >= 15 is 0 Å². The van der Waals surface area contributed by atoms with E-state index in [-0.39, 0.29) is 5.44 Å². The average Bonchev–Trinajstić information content (AvgIpc) is 3.14. The van der Waals surface area contributed by atoms with Gasteiger partial charge >= 0.3 is 0 Å². The van der Waals surface area contributed by atoms with Gasteiger partial charge in [-0.2, -0.15) is 0 Å². The molecule has 0 spiro atoms. The van der Waals surface area contributed by atoms with Gasteiger partial charge in [-0.05, 0) is 39.9 Å². The number of ether oxygens (including phenoxy) is 5. The molecule has 5 nitrogen and oxygen atoms in total. The van der Waals surface area contributed by atoms with Gasteiger partial charge in [0.2, 0.25) is 0 Å². The molecule has 0 radical (unpaired) electrons. The van der Waals surface area contributed by atoms with E-state index in [1.165, 1.54) is 0 Å². The third-order valence-electron chi connectivity index (χ3n) is 8.17. The van der Waals surface area contributed by atoms with Crippen molar-refractivity contribution in [2.45, 2.75) is 62.0 Å². The van der Waals surface area contributed by atoms with Crippen LogP contribution in [-0.2, 0) is 55.9 Å². The van der Waals surface area contributed by atoms with E-state index in [1.54, 1.807) is 11.8 Å². The summed E-state index contributed by atoms with van der Waals surface area (Å²) in [6.07, 6.45) is -1.74. The molecule has 0 aliphatic carbocycles. The predicted molar refractivity (Wildman–Crippen MR) is 193 cm³/mol. The normalized spacial score (nSPS) is 20.8. The first kappa shape index (κ1) is 34.4. The summed E-state index contributed by atoms with van der Waals surface area (Å²) in [5.41, 5.74) is 5.13. The Morgan fingerprint density at radius 3 is 1.42 bits per heavy atom. The van der Waals surface area contributed by atoms with Crippen molar-refractivity contribution in [1.82, 2.24) is 0 Å². The summed E-state index contributed by atoms with van der Waals surface area (Å²) in [5, 5.41) is 0.713. The zero-order valence-corrected chi connectivity index (χ0v) is 28.4. The molecule has 5 atom stereocenters. The van der Waals surface area contributed by atoms with Crippen LogP contribution >= 0.6 is 23.4 Å². The van der Waals surface area contributed by atoms with E-state index < -0.39 is 24.4 Å². The van der Waals surface area contributed by atoms with Crippen molar-refractivity contribution in [2.24, 2.45) is 0 Å². The summed E-state index contributed by atoms with van der Waals surface area (Å²) in [7, 11) is 0. The molecule has 5 aromatic carbocycles. The van der Waals surface area contributed by atoms with Crippen LogP contribution in [0.1, 0.15) is 27.8 Å². The third kappa shape index (κ3) is 10.3.